The second-order valence-corrected chi connectivity index (χ2v) is 8.35. The van der Waals surface area contributed by atoms with Crippen LogP contribution in [0.5, 0.6) is 0 Å². The van der Waals surface area contributed by atoms with Crippen LogP contribution < -0.4 is 0 Å². The first kappa shape index (κ1) is 21.0. The van der Waals surface area contributed by atoms with E-state index in [2.05, 4.69) is 4.90 Å². The standard InChI is InChI=1S/C22H29N3O4/c1-22(2,3)29-21(28)25-18-9-5-4-8-17(18)16-19(25)20(27)24-13-11-23(12-14-24)10-6-7-15-26/h4-5,8-9,15-16H,6-7,10-14H2,1-3H3. The van der Waals surface area contributed by atoms with Crippen molar-refractivity contribution in [3.05, 3.63) is 36.0 Å². The van der Waals surface area contributed by atoms with E-state index in [1.54, 1.807) is 11.0 Å². The third kappa shape index (κ3) is 5.03. The highest BCUT2D eigenvalue weighted by atomic mass is 16.6. The molecule has 7 heteroatoms. The smallest absolute Gasteiger partial charge is 0.419 e. The van der Waals surface area contributed by atoms with Gasteiger partial charge in [0.2, 0.25) is 0 Å². The average molecular weight is 399 g/mol. The van der Waals surface area contributed by atoms with Crippen molar-refractivity contribution in [1.29, 1.82) is 0 Å². The number of rotatable bonds is 5. The van der Waals surface area contributed by atoms with Gasteiger partial charge in [0.25, 0.3) is 5.91 Å². The van der Waals surface area contributed by atoms with Gasteiger partial charge in [-0.3, -0.25) is 9.69 Å². The van der Waals surface area contributed by atoms with Crippen LogP contribution >= 0.6 is 0 Å². The molecule has 1 amide bonds. The van der Waals surface area contributed by atoms with Crippen molar-refractivity contribution in [3.8, 4) is 0 Å². The van der Waals surface area contributed by atoms with Gasteiger partial charge in [-0.25, -0.2) is 9.36 Å². The second-order valence-electron chi connectivity index (χ2n) is 8.35. The molecule has 1 saturated heterocycles. The van der Waals surface area contributed by atoms with Gasteiger partial charge < -0.3 is 14.4 Å². The lowest BCUT2D eigenvalue weighted by atomic mass is 10.2. The third-order valence-electron chi connectivity index (χ3n) is 4.96. The number of nitrogens with zero attached hydrogens (tertiary/aromatic N) is 3. The van der Waals surface area contributed by atoms with Crippen LogP contribution in [0, 0.1) is 0 Å². The minimum atomic E-state index is -0.657. The maximum Gasteiger partial charge on any atom is 0.419 e. The Hall–Kier alpha value is -2.67. The number of piperazine rings is 1. The lowest BCUT2D eigenvalue weighted by Crippen LogP contribution is -2.49. The molecular formula is C22H29N3O4. The molecular weight excluding hydrogens is 370 g/mol. The summed E-state index contributed by atoms with van der Waals surface area (Å²) in [6.07, 6.45) is 1.80. The van der Waals surface area contributed by atoms with E-state index < -0.39 is 11.7 Å². The Morgan fingerprint density at radius 1 is 1.10 bits per heavy atom. The highest BCUT2D eigenvalue weighted by molar-refractivity contribution is 6.03. The number of benzene rings is 1. The first-order valence-corrected chi connectivity index (χ1v) is 10.1. The minimum Gasteiger partial charge on any atom is -0.443 e. The van der Waals surface area contributed by atoms with E-state index in [-0.39, 0.29) is 5.91 Å². The monoisotopic (exact) mass is 399 g/mol. The van der Waals surface area contributed by atoms with Gasteiger partial charge in [0.15, 0.2) is 0 Å². The van der Waals surface area contributed by atoms with Crippen molar-refractivity contribution in [2.75, 3.05) is 32.7 Å². The van der Waals surface area contributed by atoms with Crippen LogP contribution in [0.4, 0.5) is 4.79 Å². The molecule has 1 aromatic carbocycles. The molecule has 156 valence electrons. The summed E-state index contributed by atoms with van der Waals surface area (Å²) in [7, 11) is 0. The molecule has 0 bridgehead atoms. The van der Waals surface area contributed by atoms with E-state index in [9.17, 15) is 14.4 Å². The van der Waals surface area contributed by atoms with E-state index in [0.29, 0.717) is 30.7 Å². The Kier molecular flexibility index (Phi) is 6.37. The maximum absolute atomic E-state index is 13.3. The Balaban J connectivity index is 1.80. The first-order valence-electron chi connectivity index (χ1n) is 10.1. The summed E-state index contributed by atoms with van der Waals surface area (Å²) in [4.78, 5) is 40.7. The molecule has 29 heavy (non-hydrogen) atoms. The molecule has 2 aromatic rings. The van der Waals surface area contributed by atoms with Crippen molar-refractivity contribution in [2.24, 2.45) is 0 Å². The Morgan fingerprint density at radius 2 is 1.79 bits per heavy atom. The molecule has 0 spiro atoms. The largest absolute Gasteiger partial charge is 0.443 e. The molecule has 0 atom stereocenters. The van der Waals surface area contributed by atoms with Crippen molar-refractivity contribution in [1.82, 2.24) is 14.4 Å². The zero-order valence-electron chi connectivity index (χ0n) is 17.4. The fourth-order valence-corrected chi connectivity index (χ4v) is 3.55. The molecule has 0 radical (unpaired) electrons. The molecule has 1 aliphatic rings. The number of ether oxygens (including phenoxy) is 1. The van der Waals surface area contributed by atoms with Gasteiger partial charge in [0, 0.05) is 38.0 Å². The predicted octanol–water partition coefficient (Wildman–Crippen LogP) is 3.16. The fourth-order valence-electron chi connectivity index (χ4n) is 3.55. The van der Waals surface area contributed by atoms with Crippen LogP contribution in [-0.2, 0) is 9.53 Å². The van der Waals surface area contributed by atoms with Gasteiger partial charge in [0.05, 0.1) is 5.52 Å². The molecule has 0 N–H and O–H groups in total. The van der Waals surface area contributed by atoms with Gasteiger partial charge in [-0.05, 0) is 45.9 Å². The van der Waals surface area contributed by atoms with Gasteiger partial charge in [-0.2, -0.15) is 0 Å². The minimum absolute atomic E-state index is 0.167. The molecule has 1 aliphatic heterocycles. The Bertz CT molecular complexity index is 889. The third-order valence-corrected chi connectivity index (χ3v) is 4.96. The molecule has 0 unspecified atom stereocenters. The van der Waals surface area contributed by atoms with Crippen molar-refractivity contribution >= 4 is 29.2 Å². The molecule has 7 nitrogen and oxygen atoms in total. The van der Waals surface area contributed by atoms with E-state index in [4.69, 9.17) is 4.74 Å². The summed E-state index contributed by atoms with van der Waals surface area (Å²) < 4.78 is 6.95. The SMILES string of the molecule is CC(C)(C)OC(=O)n1c(C(=O)N2CCN(CCCC=O)CC2)cc2ccccc21. The molecule has 0 aliphatic carbocycles. The topological polar surface area (TPSA) is 71.8 Å². The van der Waals surface area contributed by atoms with Crippen molar-refractivity contribution < 1.29 is 19.1 Å². The highest BCUT2D eigenvalue weighted by Gasteiger charge is 2.29. The number of hydrogen-bond donors (Lipinski definition) is 0. The number of hydrogen-bond acceptors (Lipinski definition) is 5. The van der Waals surface area contributed by atoms with Crippen LogP contribution in [0.3, 0.4) is 0 Å². The van der Waals surface area contributed by atoms with E-state index in [1.807, 2.05) is 45.0 Å². The highest BCUT2D eigenvalue weighted by Crippen LogP contribution is 2.23. The Morgan fingerprint density at radius 3 is 2.45 bits per heavy atom. The van der Waals surface area contributed by atoms with Crippen LogP contribution in [0.15, 0.2) is 30.3 Å². The summed E-state index contributed by atoms with van der Waals surface area (Å²) in [5.41, 5.74) is 0.336. The lowest BCUT2D eigenvalue weighted by molar-refractivity contribution is -0.108. The van der Waals surface area contributed by atoms with Crippen LogP contribution in [0.2, 0.25) is 0 Å². The van der Waals surface area contributed by atoms with Crippen molar-refractivity contribution in [2.45, 2.75) is 39.2 Å². The molecule has 0 saturated carbocycles. The number of amides is 1. The molecule has 2 heterocycles. The molecule has 1 fully saturated rings. The van der Waals surface area contributed by atoms with E-state index >= 15 is 0 Å². The van der Waals surface area contributed by atoms with Crippen LogP contribution in [0.1, 0.15) is 44.1 Å². The van der Waals surface area contributed by atoms with Gasteiger partial charge in [-0.1, -0.05) is 18.2 Å². The number of carbonyl (C=O) groups is 3. The quantitative estimate of drug-likeness (QED) is 0.570. The number of fused-ring (bicyclic) bond motifs is 1. The summed E-state index contributed by atoms with van der Waals surface area (Å²) >= 11 is 0. The lowest BCUT2D eigenvalue weighted by Gasteiger charge is -2.34. The van der Waals surface area contributed by atoms with E-state index in [0.717, 1.165) is 37.7 Å². The summed E-state index contributed by atoms with van der Waals surface area (Å²) in [5.74, 6) is -0.167. The zero-order chi connectivity index (χ0) is 21.0. The van der Waals surface area contributed by atoms with E-state index in [1.165, 1.54) is 4.57 Å². The van der Waals surface area contributed by atoms with Gasteiger partial charge in [0.1, 0.15) is 17.6 Å². The maximum atomic E-state index is 13.3. The average Bonchev–Trinajstić information content (AvgIpc) is 3.06. The van der Waals surface area contributed by atoms with Gasteiger partial charge in [-0.15, -0.1) is 0 Å². The number of unbranched alkanes of at least 4 members (excludes halogenated alkanes) is 1. The number of aromatic nitrogens is 1. The van der Waals surface area contributed by atoms with Crippen LogP contribution in [-0.4, -0.2) is 71.0 Å². The number of carbonyl (C=O) groups excluding carboxylic acids is 3. The fraction of sp³-hybridized carbons (Fsp3) is 0.500. The number of para-hydroxylation sites is 1. The normalized spacial score (nSPS) is 15.5. The first-order chi connectivity index (χ1) is 13.8. The summed E-state index contributed by atoms with van der Waals surface area (Å²) in [5, 5.41) is 0.828. The molecule has 3 rings (SSSR count). The van der Waals surface area contributed by atoms with Crippen LogP contribution in [0.25, 0.3) is 10.9 Å². The zero-order valence-corrected chi connectivity index (χ0v) is 17.4. The summed E-state index contributed by atoms with van der Waals surface area (Å²) in [6.45, 7) is 8.99. The van der Waals surface area contributed by atoms with Gasteiger partial charge >= 0.3 is 6.09 Å². The predicted molar refractivity (Wildman–Crippen MR) is 111 cm³/mol. The Labute approximate surface area is 171 Å². The van der Waals surface area contributed by atoms with Crippen molar-refractivity contribution in [3.63, 3.8) is 0 Å². The number of aldehydes is 1. The molecule has 1 aromatic heterocycles. The second kappa shape index (κ2) is 8.78. The summed E-state index contributed by atoms with van der Waals surface area (Å²) in [6, 6.07) is 9.20.